The highest BCUT2D eigenvalue weighted by molar-refractivity contribution is 8.00. The first-order valence-corrected chi connectivity index (χ1v) is 5.45. The summed E-state index contributed by atoms with van der Waals surface area (Å²) in [6.07, 6.45) is 0. The molecule has 80 valence electrons. The molecule has 0 fully saturated rings. The van der Waals surface area contributed by atoms with Crippen LogP contribution in [0, 0.1) is 5.92 Å². The van der Waals surface area contributed by atoms with Crippen molar-refractivity contribution in [2.45, 2.75) is 12.4 Å². The molecule has 0 aliphatic carbocycles. The van der Waals surface area contributed by atoms with E-state index in [0.717, 1.165) is 0 Å². The van der Waals surface area contributed by atoms with Crippen molar-refractivity contribution < 1.29 is 13.2 Å². The van der Waals surface area contributed by atoms with Crippen molar-refractivity contribution in [3.8, 4) is 0 Å². The first kappa shape index (κ1) is 13.4. The highest BCUT2D eigenvalue weighted by Crippen LogP contribution is 2.29. The van der Waals surface area contributed by atoms with Crippen LogP contribution in [0.4, 0.5) is 13.2 Å². The molecular formula is C7H13ClF3NS. The SMILES string of the molecule is CC(CCl)CNCCSC(F)(F)F. The molecule has 0 amide bonds. The maximum Gasteiger partial charge on any atom is 0.441 e. The van der Waals surface area contributed by atoms with Crippen molar-refractivity contribution >= 4 is 23.4 Å². The Balaban J connectivity index is 3.18. The molecule has 0 saturated heterocycles. The average Bonchev–Trinajstić information content (AvgIpc) is 2.01. The van der Waals surface area contributed by atoms with Crippen molar-refractivity contribution in [2.75, 3.05) is 24.7 Å². The Morgan fingerprint density at radius 1 is 1.46 bits per heavy atom. The van der Waals surface area contributed by atoms with Crippen LogP contribution in [0.15, 0.2) is 0 Å². The van der Waals surface area contributed by atoms with Crippen molar-refractivity contribution in [3.05, 3.63) is 0 Å². The molecule has 0 rings (SSSR count). The monoisotopic (exact) mass is 235 g/mol. The summed E-state index contributed by atoms with van der Waals surface area (Å²) in [5.41, 5.74) is -4.11. The summed E-state index contributed by atoms with van der Waals surface area (Å²) in [5.74, 6) is 0.885. The molecule has 1 atom stereocenters. The maximum atomic E-state index is 11.6. The van der Waals surface area contributed by atoms with Crippen LogP contribution in [0.2, 0.25) is 0 Å². The normalized spacial score (nSPS) is 14.5. The molecule has 0 radical (unpaired) electrons. The van der Waals surface area contributed by atoms with Gasteiger partial charge in [-0.1, -0.05) is 6.92 Å². The highest BCUT2D eigenvalue weighted by atomic mass is 35.5. The van der Waals surface area contributed by atoms with Crippen LogP contribution in [-0.4, -0.2) is 30.2 Å². The molecule has 0 bridgehead atoms. The molecule has 0 aliphatic heterocycles. The van der Waals surface area contributed by atoms with Gasteiger partial charge in [0.2, 0.25) is 0 Å². The van der Waals surface area contributed by atoms with E-state index in [1.54, 1.807) is 0 Å². The van der Waals surface area contributed by atoms with E-state index in [-0.39, 0.29) is 17.5 Å². The summed E-state index contributed by atoms with van der Waals surface area (Å²) in [5, 5.41) is 2.90. The van der Waals surface area contributed by atoms with E-state index >= 15 is 0 Å². The minimum Gasteiger partial charge on any atom is -0.316 e. The topological polar surface area (TPSA) is 12.0 Å². The predicted molar refractivity (Wildman–Crippen MR) is 51.3 cm³/mol. The van der Waals surface area contributed by atoms with Gasteiger partial charge in [0.1, 0.15) is 0 Å². The Hall–Kier alpha value is 0.390. The average molecular weight is 236 g/mol. The van der Waals surface area contributed by atoms with Crippen LogP contribution in [0.25, 0.3) is 0 Å². The zero-order chi connectivity index (χ0) is 10.3. The summed E-state index contributed by atoms with van der Waals surface area (Å²) < 4.78 is 34.9. The number of hydrogen-bond acceptors (Lipinski definition) is 2. The van der Waals surface area contributed by atoms with Crippen LogP contribution in [0.3, 0.4) is 0 Å². The molecule has 0 heterocycles. The van der Waals surface area contributed by atoms with Gasteiger partial charge in [0.05, 0.1) is 0 Å². The fraction of sp³-hybridized carbons (Fsp3) is 1.00. The Labute approximate surface area is 85.4 Å². The van der Waals surface area contributed by atoms with Gasteiger partial charge in [-0.05, 0) is 24.2 Å². The summed E-state index contributed by atoms with van der Waals surface area (Å²) in [7, 11) is 0. The number of alkyl halides is 4. The van der Waals surface area contributed by atoms with E-state index in [0.29, 0.717) is 24.9 Å². The predicted octanol–water partition coefficient (Wildman–Crippen LogP) is 2.70. The Morgan fingerprint density at radius 3 is 2.54 bits per heavy atom. The molecule has 1 unspecified atom stereocenters. The van der Waals surface area contributed by atoms with Crippen molar-refractivity contribution in [3.63, 3.8) is 0 Å². The van der Waals surface area contributed by atoms with Gasteiger partial charge in [-0.25, -0.2) is 0 Å². The summed E-state index contributed by atoms with van der Waals surface area (Å²) in [6, 6.07) is 0. The van der Waals surface area contributed by atoms with E-state index in [4.69, 9.17) is 11.6 Å². The first-order chi connectivity index (χ1) is 5.95. The lowest BCUT2D eigenvalue weighted by atomic mass is 10.2. The van der Waals surface area contributed by atoms with Crippen molar-refractivity contribution in [1.82, 2.24) is 5.32 Å². The molecule has 1 N–H and O–H groups in total. The molecule has 0 aromatic carbocycles. The van der Waals surface area contributed by atoms with Crippen LogP contribution in [0.1, 0.15) is 6.92 Å². The smallest absolute Gasteiger partial charge is 0.316 e. The quantitative estimate of drug-likeness (QED) is 0.561. The summed E-state index contributed by atoms with van der Waals surface area (Å²) >= 11 is 5.51. The molecule has 0 saturated carbocycles. The minimum absolute atomic E-state index is 0.00265. The molecule has 0 aliphatic rings. The molecule has 13 heavy (non-hydrogen) atoms. The van der Waals surface area contributed by atoms with E-state index in [1.165, 1.54) is 0 Å². The fourth-order valence-electron chi connectivity index (χ4n) is 0.642. The van der Waals surface area contributed by atoms with Crippen molar-refractivity contribution in [2.24, 2.45) is 5.92 Å². The second-order valence-corrected chi connectivity index (χ2v) is 4.23. The maximum absolute atomic E-state index is 11.6. The van der Waals surface area contributed by atoms with E-state index in [1.807, 2.05) is 6.92 Å². The Bertz CT molecular complexity index is 131. The summed E-state index contributed by atoms with van der Waals surface area (Å²) in [4.78, 5) is 0. The third-order valence-corrected chi connectivity index (χ3v) is 2.56. The third-order valence-electron chi connectivity index (χ3n) is 1.30. The van der Waals surface area contributed by atoms with Gasteiger partial charge in [0, 0.05) is 18.2 Å². The van der Waals surface area contributed by atoms with E-state index < -0.39 is 5.51 Å². The number of nitrogens with one attached hydrogen (secondary N) is 1. The molecule has 0 aromatic rings. The van der Waals surface area contributed by atoms with Gasteiger partial charge in [0.25, 0.3) is 0 Å². The van der Waals surface area contributed by atoms with E-state index in [9.17, 15) is 13.2 Å². The number of rotatable bonds is 6. The molecule has 6 heteroatoms. The van der Waals surface area contributed by atoms with Crippen LogP contribution < -0.4 is 5.32 Å². The lowest BCUT2D eigenvalue weighted by Gasteiger charge is -2.09. The second kappa shape index (κ2) is 6.79. The summed E-state index contributed by atoms with van der Waals surface area (Å²) in [6.45, 7) is 2.98. The van der Waals surface area contributed by atoms with Crippen LogP contribution in [0.5, 0.6) is 0 Å². The minimum atomic E-state index is -4.11. The van der Waals surface area contributed by atoms with Gasteiger partial charge < -0.3 is 5.32 Å². The first-order valence-electron chi connectivity index (χ1n) is 3.93. The van der Waals surface area contributed by atoms with Gasteiger partial charge in [-0.2, -0.15) is 13.2 Å². The fourth-order valence-corrected chi connectivity index (χ4v) is 1.23. The van der Waals surface area contributed by atoms with Gasteiger partial charge in [-0.3, -0.25) is 0 Å². The molecule has 1 nitrogen and oxygen atoms in total. The lowest BCUT2D eigenvalue weighted by molar-refractivity contribution is -0.0327. The third kappa shape index (κ3) is 10.3. The van der Waals surface area contributed by atoms with Gasteiger partial charge in [0.15, 0.2) is 0 Å². The lowest BCUT2D eigenvalue weighted by Crippen LogP contribution is -2.25. The van der Waals surface area contributed by atoms with Gasteiger partial charge >= 0.3 is 5.51 Å². The largest absolute Gasteiger partial charge is 0.441 e. The van der Waals surface area contributed by atoms with E-state index in [2.05, 4.69) is 5.32 Å². The second-order valence-electron chi connectivity index (χ2n) is 2.76. The number of hydrogen-bond donors (Lipinski definition) is 1. The Kier molecular flexibility index (Phi) is 6.99. The zero-order valence-corrected chi connectivity index (χ0v) is 8.90. The zero-order valence-electron chi connectivity index (χ0n) is 7.33. The molecular weight excluding hydrogens is 223 g/mol. The highest BCUT2D eigenvalue weighted by Gasteiger charge is 2.27. The number of halogens is 4. The molecule has 0 spiro atoms. The van der Waals surface area contributed by atoms with Crippen molar-refractivity contribution in [1.29, 1.82) is 0 Å². The van der Waals surface area contributed by atoms with Gasteiger partial charge in [-0.15, -0.1) is 11.6 Å². The van der Waals surface area contributed by atoms with Crippen LogP contribution >= 0.6 is 23.4 Å². The number of thioether (sulfide) groups is 1. The standard InChI is InChI=1S/C7H13ClF3NS/c1-6(4-8)5-12-2-3-13-7(9,10)11/h6,12H,2-5H2,1H3. The van der Waals surface area contributed by atoms with Crippen LogP contribution in [-0.2, 0) is 0 Å². The molecule has 0 aromatic heterocycles. The Morgan fingerprint density at radius 2 is 2.08 bits per heavy atom.